The van der Waals surface area contributed by atoms with Gasteiger partial charge in [-0.25, -0.2) is 0 Å². The maximum atomic E-state index is 12.6. The third-order valence-electron chi connectivity index (χ3n) is 4.10. The highest BCUT2D eigenvalue weighted by atomic mass is 16.3. The normalized spacial score (nSPS) is 14.8. The molecule has 25 heavy (non-hydrogen) atoms. The minimum Gasteiger partial charge on any atom is -0.451 e. The first-order chi connectivity index (χ1) is 12.0. The number of rotatable bonds is 2. The molecule has 3 amide bonds. The third-order valence-corrected chi connectivity index (χ3v) is 4.10. The molecule has 0 radical (unpaired) electrons. The number of piperazine rings is 1. The highest BCUT2D eigenvalue weighted by Gasteiger charge is 2.29. The highest BCUT2D eigenvalue weighted by molar-refractivity contribution is 6.35. The molecule has 7 heteroatoms. The van der Waals surface area contributed by atoms with Crippen LogP contribution in [0.5, 0.6) is 0 Å². The van der Waals surface area contributed by atoms with Crippen LogP contribution in [0.3, 0.4) is 0 Å². The minimum atomic E-state index is -0.605. The average Bonchev–Trinajstić information content (AvgIpc) is 3.04. The van der Waals surface area contributed by atoms with Gasteiger partial charge in [0.05, 0.1) is 0 Å². The van der Waals surface area contributed by atoms with Crippen LogP contribution in [0.25, 0.3) is 11.0 Å². The Kier molecular flexibility index (Phi) is 4.74. The molecule has 2 aromatic rings. The number of carbonyl (C=O) groups excluding carboxylic acids is 3. The fourth-order valence-electron chi connectivity index (χ4n) is 2.82. The lowest BCUT2D eigenvalue weighted by Gasteiger charge is -2.34. The molecule has 1 aromatic carbocycles. The van der Waals surface area contributed by atoms with Gasteiger partial charge in [-0.1, -0.05) is 18.2 Å². The molecule has 2 heterocycles. The van der Waals surface area contributed by atoms with Crippen molar-refractivity contribution in [2.24, 2.45) is 0 Å². The van der Waals surface area contributed by atoms with E-state index in [1.807, 2.05) is 24.3 Å². The fraction of sp³-hybridized carbons (Fsp3) is 0.389. The monoisotopic (exact) mass is 343 g/mol. The van der Waals surface area contributed by atoms with Gasteiger partial charge in [0.2, 0.25) is 0 Å². The quantitative estimate of drug-likeness (QED) is 0.832. The van der Waals surface area contributed by atoms with Crippen molar-refractivity contribution in [3.8, 4) is 0 Å². The van der Waals surface area contributed by atoms with Gasteiger partial charge in [0.1, 0.15) is 5.58 Å². The lowest BCUT2D eigenvalue weighted by molar-refractivity contribution is -0.147. The molecule has 0 unspecified atom stereocenters. The molecular weight excluding hydrogens is 322 g/mol. The van der Waals surface area contributed by atoms with Crippen molar-refractivity contribution in [3.05, 3.63) is 36.1 Å². The first-order valence-corrected chi connectivity index (χ1v) is 8.33. The predicted molar refractivity (Wildman–Crippen MR) is 92.0 cm³/mol. The Hall–Kier alpha value is -2.83. The molecule has 1 aliphatic rings. The van der Waals surface area contributed by atoms with Crippen LogP contribution in [0.4, 0.5) is 0 Å². The van der Waals surface area contributed by atoms with E-state index in [-0.39, 0.29) is 11.9 Å². The fourth-order valence-corrected chi connectivity index (χ4v) is 2.82. The van der Waals surface area contributed by atoms with Crippen molar-refractivity contribution in [2.45, 2.75) is 19.9 Å². The average molecular weight is 343 g/mol. The van der Waals surface area contributed by atoms with Gasteiger partial charge in [-0.3, -0.25) is 14.4 Å². The van der Waals surface area contributed by atoms with Crippen molar-refractivity contribution >= 4 is 28.7 Å². The van der Waals surface area contributed by atoms with Crippen LogP contribution >= 0.6 is 0 Å². The number of nitrogens with one attached hydrogen (secondary N) is 1. The zero-order valence-electron chi connectivity index (χ0n) is 14.3. The van der Waals surface area contributed by atoms with Gasteiger partial charge in [0.25, 0.3) is 5.91 Å². The largest absolute Gasteiger partial charge is 0.451 e. The number of para-hydroxylation sites is 1. The number of nitrogens with zero attached hydrogens (tertiary/aromatic N) is 2. The van der Waals surface area contributed by atoms with Crippen molar-refractivity contribution in [2.75, 3.05) is 26.2 Å². The smallest absolute Gasteiger partial charge is 0.312 e. The number of fused-ring (bicyclic) bond motifs is 1. The van der Waals surface area contributed by atoms with Crippen LogP contribution in [0.1, 0.15) is 24.4 Å². The summed E-state index contributed by atoms with van der Waals surface area (Å²) in [5.41, 5.74) is 0.671. The molecule has 0 spiro atoms. The second kappa shape index (κ2) is 6.96. The number of carbonyl (C=O) groups is 3. The van der Waals surface area contributed by atoms with E-state index in [2.05, 4.69) is 5.32 Å². The number of benzene rings is 1. The zero-order chi connectivity index (χ0) is 18.0. The summed E-state index contributed by atoms with van der Waals surface area (Å²) in [6.07, 6.45) is 0. The van der Waals surface area contributed by atoms with Crippen LogP contribution in [0.15, 0.2) is 34.7 Å². The summed E-state index contributed by atoms with van der Waals surface area (Å²) in [6, 6.07) is 9.08. The van der Waals surface area contributed by atoms with E-state index in [1.165, 1.54) is 4.90 Å². The van der Waals surface area contributed by atoms with Crippen LogP contribution < -0.4 is 5.32 Å². The minimum absolute atomic E-state index is 0.0904. The molecule has 3 rings (SSSR count). The summed E-state index contributed by atoms with van der Waals surface area (Å²) in [5, 5.41) is 3.47. The molecule has 0 aliphatic carbocycles. The zero-order valence-corrected chi connectivity index (χ0v) is 14.3. The molecule has 1 N–H and O–H groups in total. The third kappa shape index (κ3) is 3.65. The van der Waals surface area contributed by atoms with Crippen molar-refractivity contribution in [1.82, 2.24) is 15.1 Å². The number of furan rings is 1. The van der Waals surface area contributed by atoms with Gasteiger partial charge in [0.15, 0.2) is 5.76 Å². The van der Waals surface area contributed by atoms with E-state index < -0.39 is 11.8 Å². The SMILES string of the molecule is CC(C)NC(=O)C(=O)N1CCN(C(=O)c2cc3ccccc3o2)CC1. The molecule has 0 atom stereocenters. The summed E-state index contributed by atoms with van der Waals surface area (Å²) in [4.78, 5) is 39.6. The molecule has 7 nitrogen and oxygen atoms in total. The van der Waals surface area contributed by atoms with Gasteiger partial charge < -0.3 is 19.5 Å². The van der Waals surface area contributed by atoms with Gasteiger partial charge in [-0.05, 0) is 26.0 Å². The lowest BCUT2D eigenvalue weighted by Crippen LogP contribution is -2.54. The van der Waals surface area contributed by atoms with E-state index in [0.29, 0.717) is 37.5 Å². The van der Waals surface area contributed by atoms with Crippen LogP contribution in [-0.4, -0.2) is 59.7 Å². The lowest BCUT2D eigenvalue weighted by atomic mass is 10.2. The highest BCUT2D eigenvalue weighted by Crippen LogP contribution is 2.20. The second-order valence-electron chi connectivity index (χ2n) is 6.36. The van der Waals surface area contributed by atoms with Crippen molar-refractivity contribution in [1.29, 1.82) is 0 Å². The maximum Gasteiger partial charge on any atom is 0.312 e. The second-order valence-corrected chi connectivity index (χ2v) is 6.36. The molecule has 0 saturated carbocycles. The van der Waals surface area contributed by atoms with Crippen molar-refractivity contribution < 1.29 is 18.8 Å². The Labute approximate surface area is 145 Å². The van der Waals surface area contributed by atoms with Gasteiger partial charge in [-0.2, -0.15) is 0 Å². The van der Waals surface area contributed by atoms with Crippen LogP contribution in [0, 0.1) is 0 Å². The van der Waals surface area contributed by atoms with E-state index >= 15 is 0 Å². The molecule has 1 aromatic heterocycles. The summed E-state index contributed by atoms with van der Waals surface area (Å²) in [5.74, 6) is -1.06. The van der Waals surface area contributed by atoms with Gasteiger partial charge in [-0.15, -0.1) is 0 Å². The van der Waals surface area contributed by atoms with Gasteiger partial charge in [0, 0.05) is 37.6 Å². The van der Waals surface area contributed by atoms with E-state index in [1.54, 1.807) is 24.8 Å². The maximum absolute atomic E-state index is 12.6. The number of hydrogen-bond acceptors (Lipinski definition) is 4. The Bertz CT molecular complexity index is 771. The first-order valence-electron chi connectivity index (χ1n) is 8.33. The predicted octanol–water partition coefficient (Wildman–Crippen LogP) is 1.24. The summed E-state index contributed by atoms with van der Waals surface area (Å²) >= 11 is 0. The Balaban J connectivity index is 1.61. The number of amides is 3. The first kappa shape index (κ1) is 17.0. The van der Waals surface area contributed by atoms with E-state index in [4.69, 9.17) is 4.42 Å². The molecule has 0 bridgehead atoms. The van der Waals surface area contributed by atoms with E-state index in [0.717, 1.165) is 5.39 Å². The van der Waals surface area contributed by atoms with E-state index in [9.17, 15) is 14.4 Å². The Morgan fingerprint density at radius 1 is 1.04 bits per heavy atom. The van der Waals surface area contributed by atoms with Crippen LogP contribution in [-0.2, 0) is 9.59 Å². The summed E-state index contributed by atoms with van der Waals surface area (Å²) in [7, 11) is 0. The van der Waals surface area contributed by atoms with Crippen molar-refractivity contribution in [3.63, 3.8) is 0 Å². The molecule has 132 valence electrons. The Morgan fingerprint density at radius 2 is 1.68 bits per heavy atom. The van der Waals surface area contributed by atoms with Gasteiger partial charge >= 0.3 is 11.8 Å². The summed E-state index contributed by atoms with van der Waals surface area (Å²) in [6.45, 7) is 5.00. The topological polar surface area (TPSA) is 82.9 Å². The molecule has 1 fully saturated rings. The molecule has 1 aliphatic heterocycles. The standard InChI is InChI=1S/C18H21N3O4/c1-12(2)19-16(22)18(24)21-9-7-20(8-10-21)17(23)15-11-13-5-3-4-6-14(13)25-15/h3-6,11-12H,7-10H2,1-2H3,(H,19,22). The molecular formula is C18H21N3O4. The Morgan fingerprint density at radius 3 is 2.32 bits per heavy atom. The number of hydrogen-bond donors (Lipinski definition) is 1. The summed E-state index contributed by atoms with van der Waals surface area (Å²) < 4.78 is 5.60. The molecule has 1 saturated heterocycles. The van der Waals surface area contributed by atoms with Crippen LogP contribution in [0.2, 0.25) is 0 Å².